The smallest absolute Gasteiger partial charge is 0.203 e. The quantitative estimate of drug-likeness (QED) is 0.743. The Morgan fingerprint density at radius 2 is 1.95 bits per heavy atom. The van der Waals surface area contributed by atoms with Gasteiger partial charge in [0, 0.05) is 5.02 Å². The van der Waals surface area contributed by atoms with Crippen molar-refractivity contribution in [2.45, 2.75) is 6.54 Å². The largest absolute Gasteiger partial charge is 0.340 e. The van der Waals surface area contributed by atoms with Crippen molar-refractivity contribution >= 4 is 28.6 Å². The third kappa shape index (κ3) is 2.58. The number of hydrogen-bond donors (Lipinski definition) is 1. The summed E-state index contributed by atoms with van der Waals surface area (Å²) in [7, 11) is 0. The Morgan fingerprint density at radius 3 is 2.79 bits per heavy atom. The molecule has 2 heterocycles. The van der Waals surface area contributed by atoms with Gasteiger partial charge >= 0.3 is 0 Å². The fraction of sp³-hybridized carbons (Fsp3) is 0.0833. The van der Waals surface area contributed by atoms with Crippen LogP contribution in [0, 0.1) is 0 Å². The molecule has 0 unspecified atom stereocenters. The van der Waals surface area contributed by atoms with Crippen molar-refractivity contribution in [3.05, 3.63) is 47.5 Å². The van der Waals surface area contributed by atoms with Gasteiger partial charge in [-0.05, 0) is 17.7 Å². The molecular formula is C12H9ClN6. The topological polar surface area (TPSA) is 79.2 Å². The molecule has 0 aliphatic carbocycles. The van der Waals surface area contributed by atoms with Crippen molar-refractivity contribution in [2.75, 3.05) is 0 Å². The highest BCUT2D eigenvalue weighted by molar-refractivity contribution is 6.30. The summed E-state index contributed by atoms with van der Waals surface area (Å²) in [6, 6.07) is 7.47. The second kappa shape index (κ2) is 5.11. The molecule has 0 amide bonds. The molecule has 3 aromatic rings. The Balaban J connectivity index is 1.79. The van der Waals surface area contributed by atoms with Crippen LogP contribution in [0.1, 0.15) is 5.56 Å². The highest BCUT2D eigenvalue weighted by Crippen LogP contribution is 2.18. The second-order valence-electron chi connectivity index (χ2n) is 3.82. The van der Waals surface area contributed by atoms with E-state index in [1.54, 1.807) is 6.33 Å². The lowest BCUT2D eigenvalue weighted by Crippen LogP contribution is -1.82. The zero-order valence-electron chi connectivity index (χ0n) is 9.79. The zero-order chi connectivity index (χ0) is 13.1. The predicted molar refractivity (Wildman–Crippen MR) is 71.4 cm³/mol. The van der Waals surface area contributed by atoms with Crippen molar-refractivity contribution in [3.8, 4) is 0 Å². The van der Waals surface area contributed by atoms with E-state index in [0.717, 1.165) is 5.56 Å². The Morgan fingerprint density at radius 1 is 1.11 bits per heavy atom. The molecular weight excluding hydrogens is 264 g/mol. The number of benzene rings is 1. The minimum absolute atomic E-state index is 0.469. The van der Waals surface area contributed by atoms with Crippen LogP contribution in [0.25, 0.3) is 11.2 Å². The molecule has 0 fully saturated rings. The minimum atomic E-state index is 0.469. The van der Waals surface area contributed by atoms with Crippen LogP contribution in [0.3, 0.4) is 0 Å². The first-order valence-electron chi connectivity index (χ1n) is 5.59. The SMILES string of the molecule is Clc1ccc(CN=Nc2ncnc3nc[nH]c23)cc1. The fourth-order valence-electron chi connectivity index (χ4n) is 1.60. The van der Waals surface area contributed by atoms with Gasteiger partial charge in [0.05, 0.1) is 12.9 Å². The molecule has 1 aromatic carbocycles. The van der Waals surface area contributed by atoms with Crippen LogP contribution in [0.5, 0.6) is 0 Å². The van der Waals surface area contributed by atoms with Crippen LogP contribution in [0.2, 0.25) is 5.02 Å². The van der Waals surface area contributed by atoms with Gasteiger partial charge in [-0.2, -0.15) is 5.11 Å². The first kappa shape index (κ1) is 11.7. The molecule has 1 N–H and O–H groups in total. The average Bonchev–Trinajstić information content (AvgIpc) is 2.90. The van der Waals surface area contributed by atoms with Gasteiger partial charge in [-0.3, -0.25) is 0 Å². The van der Waals surface area contributed by atoms with Crippen LogP contribution in [-0.2, 0) is 6.54 Å². The van der Waals surface area contributed by atoms with Gasteiger partial charge in [-0.15, -0.1) is 5.11 Å². The standard InChI is InChI=1S/C12H9ClN6/c13-9-3-1-8(2-4-9)5-18-19-12-10-11(15-6-14-10)16-7-17-12/h1-4,6-7H,5H2,(H,14,15,16,17). The molecule has 7 heteroatoms. The zero-order valence-corrected chi connectivity index (χ0v) is 10.5. The van der Waals surface area contributed by atoms with E-state index in [2.05, 4.69) is 30.2 Å². The number of nitrogens with zero attached hydrogens (tertiary/aromatic N) is 5. The minimum Gasteiger partial charge on any atom is -0.340 e. The van der Waals surface area contributed by atoms with Crippen molar-refractivity contribution < 1.29 is 0 Å². The number of fused-ring (bicyclic) bond motifs is 1. The van der Waals surface area contributed by atoms with E-state index in [-0.39, 0.29) is 0 Å². The summed E-state index contributed by atoms with van der Waals surface area (Å²) in [6.07, 6.45) is 2.97. The molecule has 0 bridgehead atoms. The number of H-pyrrole nitrogens is 1. The monoisotopic (exact) mass is 272 g/mol. The van der Waals surface area contributed by atoms with Gasteiger partial charge < -0.3 is 4.98 Å². The van der Waals surface area contributed by atoms with Crippen molar-refractivity contribution in [1.29, 1.82) is 0 Å². The Labute approximate surface area is 113 Å². The summed E-state index contributed by atoms with van der Waals surface area (Å²) in [4.78, 5) is 15.0. The molecule has 6 nitrogen and oxygen atoms in total. The fourth-order valence-corrected chi connectivity index (χ4v) is 1.73. The molecule has 0 aliphatic heterocycles. The van der Waals surface area contributed by atoms with Crippen LogP contribution in [-0.4, -0.2) is 19.9 Å². The molecule has 0 spiro atoms. The summed E-state index contributed by atoms with van der Waals surface area (Å²) in [5.41, 5.74) is 2.29. The van der Waals surface area contributed by atoms with Crippen molar-refractivity contribution in [1.82, 2.24) is 19.9 Å². The first-order chi connectivity index (χ1) is 9.33. The van der Waals surface area contributed by atoms with E-state index in [4.69, 9.17) is 11.6 Å². The molecule has 19 heavy (non-hydrogen) atoms. The summed E-state index contributed by atoms with van der Waals surface area (Å²) in [5, 5.41) is 8.91. The lowest BCUT2D eigenvalue weighted by atomic mass is 10.2. The maximum atomic E-state index is 5.81. The predicted octanol–water partition coefficient (Wildman–Crippen LogP) is 3.29. The van der Waals surface area contributed by atoms with Gasteiger partial charge in [0.25, 0.3) is 0 Å². The van der Waals surface area contributed by atoms with Gasteiger partial charge in [0.15, 0.2) is 5.65 Å². The lowest BCUT2D eigenvalue weighted by Gasteiger charge is -1.96. The van der Waals surface area contributed by atoms with E-state index in [0.29, 0.717) is 28.5 Å². The van der Waals surface area contributed by atoms with Crippen LogP contribution in [0.15, 0.2) is 47.1 Å². The van der Waals surface area contributed by atoms with E-state index < -0.39 is 0 Å². The molecule has 0 saturated carbocycles. The van der Waals surface area contributed by atoms with Gasteiger partial charge in [0.2, 0.25) is 5.82 Å². The normalized spacial score (nSPS) is 11.4. The number of halogens is 1. The highest BCUT2D eigenvalue weighted by Gasteiger charge is 2.03. The third-order valence-electron chi connectivity index (χ3n) is 2.53. The number of nitrogens with one attached hydrogen (secondary N) is 1. The molecule has 94 valence electrons. The molecule has 0 saturated heterocycles. The molecule has 3 rings (SSSR count). The Bertz CT molecular complexity index is 718. The number of rotatable bonds is 3. The van der Waals surface area contributed by atoms with Gasteiger partial charge in [-0.25, -0.2) is 15.0 Å². The number of imidazole rings is 1. The van der Waals surface area contributed by atoms with E-state index in [1.807, 2.05) is 24.3 Å². The van der Waals surface area contributed by atoms with E-state index in [1.165, 1.54) is 6.33 Å². The Kier molecular flexibility index (Phi) is 3.16. The summed E-state index contributed by atoms with van der Waals surface area (Å²) in [6.45, 7) is 0.469. The number of aromatic nitrogens is 4. The third-order valence-corrected chi connectivity index (χ3v) is 2.79. The van der Waals surface area contributed by atoms with Gasteiger partial charge in [-0.1, -0.05) is 23.7 Å². The summed E-state index contributed by atoms with van der Waals surface area (Å²) < 4.78 is 0. The molecule has 0 aliphatic rings. The second-order valence-corrected chi connectivity index (χ2v) is 4.26. The number of hydrogen-bond acceptors (Lipinski definition) is 5. The molecule has 0 atom stereocenters. The number of aromatic amines is 1. The average molecular weight is 273 g/mol. The summed E-state index contributed by atoms with van der Waals surface area (Å²) >= 11 is 5.81. The van der Waals surface area contributed by atoms with Crippen LogP contribution < -0.4 is 0 Å². The highest BCUT2D eigenvalue weighted by atomic mass is 35.5. The van der Waals surface area contributed by atoms with E-state index in [9.17, 15) is 0 Å². The Hall–Kier alpha value is -2.34. The maximum absolute atomic E-state index is 5.81. The first-order valence-corrected chi connectivity index (χ1v) is 5.97. The molecule has 0 radical (unpaired) electrons. The summed E-state index contributed by atoms with van der Waals surface area (Å²) in [5.74, 6) is 0.483. The van der Waals surface area contributed by atoms with Crippen molar-refractivity contribution in [2.24, 2.45) is 10.2 Å². The lowest BCUT2D eigenvalue weighted by molar-refractivity contribution is 0.946. The van der Waals surface area contributed by atoms with Crippen LogP contribution >= 0.6 is 11.6 Å². The maximum Gasteiger partial charge on any atom is 0.203 e. The van der Waals surface area contributed by atoms with Gasteiger partial charge in [0.1, 0.15) is 11.8 Å². The van der Waals surface area contributed by atoms with E-state index >= 15 is 0 Å². The molecule has 2 aromatic heterocycles. The number of azo groups is 1. The van der Waals surface area contributed by atoms with Crippen LogP contribution in [0.4, 0.5) is 5.82 Å². The van der Waals surface area contributed by atoms with Crippen molar-refractivity contribution in [3.63, 3.8) is 0 Å².